The Hall–Kier alpha value is -2.36. The third-order valence-electron chi connectivity index (χ3n) is 2.71. The monoisotopic (exact) mass is 244 g/mol. The minimum atomic E-state index is -0.438. The Morgan fingerprint density at radius 2 is 1.94 bits per heavy atom. The lowest BCUT2D eigenvalue weighted by molar-refractivity contribution is 0.102. The van der Waals surface area contributed by atoms with Gasteiger partial charge in [0.05, 0.1) is 0 Å². The molecule has 0 aromatic heterocycles. The lowest BCUT2D eigenvalue weighted by atomic mass is 10.1. The number of nitrogens with two attached hydrogens (primary N) is 1. The molecule has 18 heavy (non-hydrogen) atoms. The molecule has 0 saturated carbocycles. The van der Waals surface area contributed by atoms with Crippen molar-refractivity contribution >= 4 is 17.3 Å². The molecule has 0 aliphatic rings. The number of carbonyl (C=O) groups excluding carboxylic acids is 1. The van der Waals surface area contributed by atoms with Gasteiger partial charge in [0.15, 0.2) is 0 Å². The van der Waals surface area contributed by atoms with Crippen molar-refractivity contribution < 1.29 is 9.18 Å². The van der Waals surface area contributed by atoms with Crippen molar-refractivity contribution in [3.63, 3.8) is 0 Å². The first kappa shape index (κ1) is 12.1. The zero-order valence-corrected chi connectivity index (χ0v) is 9.91. The number of hydrogen-bond donors (Lipinski definition) is 2. The Labute approximate surface area is 104 Å². The molecule has 0 aliphatic heterocycles. The summed E-state index contributed by atoms with van der Waals surface area (Å²) < 4.78 is 13.0. The number of nitrogens with one attached hydrogen (secondary N) is 1. The smallest absolute Gasteiger partial charge is 0.255 e. The minimum absolute atomic E-state index is 0.275. The van der Waals surface area contributed by atoms with Crippen LogP contribution in [0.15, 0.2) is 42.5 Å². The van der Waals surface area contributed by atoms with Crippen molar-refractivity contribution in [3.8, 4) is 0 Å². The highest BCUT2D eigenvalue weighted by atomic mass is 19.1. The van der Waals surface area contributed by atoms with Crippen LogP contribution in [-0.4, -0.2) is 5.91 Å². The normalized spacial score (nSPS) is 10.1. The van der Waals surface area contributed by atoms with E-state index in [0.29, 0.717) is 11.4 Å². The number of amides is 1. The average Bonchev–Trinajstić information content (AvgIpc) is 2.35. The molecule has 3 N–H and O–H groups in total. The van der Waals surface area contributed by atoms with Gasteiger partial charge in [-0.25, -0.2) is 4.39 Å². The zero-order chi connectivity index (χ0) is 13.1. The van der Waals surface area contributed by atoms with Crippen LogP contribution in [-0.2, 0) is 0 Å². The second-order valence-corrected chi connectivity index (χ2v) is 3.98. The van der Waals surface area contributed by atoms with E-state index in [1.165, 1.54) is 18.2 Å². The first-order valence-electron chi connectivity index (χ1n) is 5.50. The van der Waals surface area contributed by atoms with Gasteiger partial charge >= 0.3 is 0 Å². The van der Waals surface area contributed by atoms with Crippen LogP contribution in [0, 0.1) is 12.7 Å². The van der Waals surface area contributed by atoms with Crippen LogP contribution >= 0.6 is 0 Å². The van der Waals surface area contributed by atoms with Crippen LogP contribution in [0.4, 0.5) is 15.8 Å². The first-order chi connectivity index (χ1) is 8.58. The highest BCUT2D eigenvalue weighted by Crippen LogP contribution is 2.21. The van der Waals surface area contributed by atoms with Crippen LogP contribution in [0.5, 0.6) is 0 Å². The van der Waals surface area contributed by atoms with Gasteiger partial charge in [0.1, 0.15) is 5.82 Å². The summed E-state index contributed by atoms with van der Waals surface area (Å²) in [5, 5.41) is 2.71. The standard InChI is InChI=1S/C14H13FN2O/c1-9-12(16)6-3-7-13(9)17-14(18)10-4-2-5-11(15)8-10/h2-8H,16H2,1H3,(H,17,18). The van der Waals surface area contributed by atoms with E-state index in [2.05, 4.69) is 5.32 Å². The molecular weight excluding hydrogens is 231 g/mol. The average molecular weight is 244 g/mol. The van der Waals surface area contributed by atoms with E-state index in [9.17, 15) is 9.18 Å². The Bertz CT molecular complexity index is 596. The highest BCUT2D eigenvalue weighted by Gasteiger charge is 2.09. The number of halogens is 1. The fraction of sp³-hybridized carbons (Fsp3) is 0.0714. The Morgan fingerprint density at radius 3 is 2.67 bits per heavy atom. The van der Waals surface area contributed by atoms with Crippen LogP contribution in [0.1, 0.15) is 15.9 Å². The molecule has 0 bridgehead atoms. The number of hydrogen-bond acceptors (Lipinski definition) is 2. The van der Waals surface area contributed by atoms with Gasteiger partial charge < -0.3 is 11.1 Å². The molecule has 2 aromatic carbocycles. The maximum absolute atomic E-state index is 13.0. The molecule has 0 radical (unpaired) electrons. The fourth-order valence-corrected chi connectivity index (χ4v) is 1.61. The number of carbonyl (C=O) groups is 1. The van der Waals surface area contributed by atoms with Crippen molar-refractivity contribution in [2.24, 2.45) is 0 Å². The fourth-order valence-electron chi connectivity index (χ4n) is 1.61. The van der Waals surface area contributed by atoms with Gasteiger partial charge in [-0.3, -0.25) is 4.79 Å². The van der Waals surface area contributed by atoms with Gasteiger partial charge in [0.25, 0.3) is 5.91 Å². The molecule has 0 heterocycles. The van der Waals surface area contributed by atoms with Gasteiger partial charge in [-0.1, -0.05) is 12.1 Å². The second kappa shape index (κ2) is 4.87. The molecular formula is C14H13FN2O. The summed E-state index contributed by atoms with van der Waals surface area (Å²) in [5.41, 5.74) is 8.05. The van der Waals surface area contributed by atoms with Crippen molar-refractivity contribution in [2.45, 2.75) is 6.92 Å². The molecule has 2 rings (SSSR count). The zero-order valence-electron chi connectivity index (χ0n) is 9.91. The predicted molar refractivity (Wildman–Crippen MR) is 69.9 cm³/mol. The number of nitrogen functional groups attached to an aromatic ring is 1. The minimum Gasteiger partial charge on any atom is -0.398 e. The van der Waals surface area contributed by atoms with Crippen molar-refractivity contribution in [3.05, 3.63) is 59.4 Å². The van der Waals surface area contributed by atoms with E-state index < -0.39 is 5.82 Å². The molecule has 4 heteroatoms. The molecule has 0 saturated heterocycles. The van der Waals surface area contributed by atoms with Gasteiger partial charge in [0, 0.05) is 16.9 Å². The Balaban J connectivity index is 2.24. The van der Waals surface area contributed by atoms with Crippen molar-refractivity contribution in [1.29, 1.82) is 0 Å². The summed E-state index contributed by atoms with van der Waals surface area (Å²) >= 11 is 0. The maximum atomic E-state index is 13.0. The summed E-state index contributed by atoms with van der Waals surface area (Å²) in [6, 6.07) is 10.8. The van der Waals surface area contributed by atoms with Crippen LogP contribution < -0.4 is 11.1 Å². The molecule has 0 fully saturated rings. The number of rotatable bonds is 2. The molecule has 0 aliphatic carbocycles. The van der Waals surface area contributed by atoms with E-state index in [1.807, 2.05) is 6.92 Å². The Morgan fingerprint density at radius 1 is 1.22 bits per heavy atom. The molecule has 0 unspecified atom stereocenters. The van der Waals surface area contributed by atoms with Crippen LogP contribution in [0.25, 0.3) is 0 Å². The van der Waals surface area contributed by atoms with E-state index >= 15 is 0 Å². The summed E-state index contributed by atoms with van der Waals surface area (Å²) in [5.74, 6) is -0.796. The molecule has 0 spiro atoms. The summed E-state index contributed by atoms with van der Waals surface area (Å²) in [6.07, 6.45) is 0. The van der Waals surface area contributed by atoms with Crippen LogP contribution in [0.2, 0.25) is 0 Å². The summed E-state index contributed by atoms with van der Waals surface area (Å²) in [7, 11) is 0. The lowest BCUT2D eigenvalue weighted by Crippen LogP contribution is -2.13. The molecule has 3 nitrogen and oxygen atoms in total. The largest absolute Gasteiger partial charge is 0.398 e. The second-order valence-electron chi connectivity index (χ2n) is 3.98. The van der Waals surface area contributed by atoms with Crippen molar-refractivity contribution in [1.82, 2.24) is 0 Å². The Kier molecular flexibility index (Phi) is 3.28. The highest BCUT2D eigenvalue weighted by molar-refractivity contribution is 6.04. The summed E-state index contributed by atoms with van der Waals surface area (Å²) in [6.45, 7) is 1.82. The predicted octanol–water partition coefficient (Wildman–Crippen LogP) is 2.97. The lowest BCUT2D eigenvalue weighted by Gasteiger charge is -2.10. The molecule has 2 aromatic rings. The first-order valence-corrected chi connectivity index (χ1v) is 5.50. The summed E-state index contributed by atoms with van der Waals surface area (Å²) in [4.78, 5) is 11.9. The topological polar surface area (TPSA) is 55.1 Å². The third-order valence-corrected chi connectivity index (χ3v) is 2.71. The van der Waals surface area contributed by atoms with Gasteiger partial charge in [-0.15, -0.1) is 0 Å². The molecule has 0 atom stereocenters. The quantitative estimate of drug-likeness (QED) is 0.798. The van der Waals surface area contributed by atoms with E-state index in [4.69, 9.17) is 5.73 Å². The van der Waals surface area contributed by atoms with Gasteiger partial charge in [0.2, 0.25) is 0 Å². The van der Waals surface area contributed by atoms with E-state index in [0.717, 1.165) is 5.56 Å². The van der Waals surface area contributed by atoms with Crippen LogP contribution in [0.3, 0.4) is 0 Å². The number of benzene rings is 2. The van der Waals surface area contributed by atoms with E-state index in [1.54, 1.807) is 24.3 Å². The molecule has 92 valence electrons. The van der Waals surface area contributed by atoms with Gasteiger partial charge in [-0.05, 0) is 42.8 Å². The maximum Gasteiger partial charge on any atom is 0.255 e. The number of anilines is 2. The third kappa shape index (κ3) is 2.48. The van der Waals surface area contributed by atoms with Gasteiger partial charge in [-0.2, -0.15) is 0 Å². The van der Waals surface area contributed by atoms with Crippen molar-refractivity contribution in [2.75, 3.05) is 11.1 Å². The van der Waals surface area contributed by atoms with E-state index in [-0.39, 0.29) is 11.5 Å². The SMILES string of the molecule is Cc1c(N)cccc1NC(=O)c1cccc(F)c1. The molecule has 1 amide bonds.